The third kappa shape index (κ3) is 6.64. The Hall–Kier alpha value is -2.00. The first kappa shape index (κ1) is 20.0. The predicted octanol–water partition coefficient (Wildman–Crippen LogP) is 3.09. The fourth-order valence-corrected chi connectivity index (χ4v) is 1.23. The molecule has 126 valence electrons. The molecule has 0 radical (unpaired) electrons. The van der Waals surface area contributed by atoms with Crippen molar-refractivity contribution in [3.05, 3.63) is 23.3 Å². The number of carbonyl (C=O) groups excluding carboxylic acids is 2. The Balaban J connectivity index is 6.00. The Morgan fingerprint density at radius 2 is 1.05 bits per heavy atom. The van der Waals surface area contributed by atoms with Crippen LogP contribution in [0.5, 0.6) is 0 Å². The Bertz CT molecular complexity index is 429. The zero-order chi connectivity index (χ0) is 17.6. The first-order valence-electron chi connectivity index (χ1n) is 5.85. The van der Waals surface area contributed by atoms with Crippen molar-refractivity contribution in [2.45, 2.75) is 26.2 Å². The molecular formula is C12H12F6O4. The maximum Gasteiger partial charge on any atom is 0.417 e. The van der Waals surface area contributed by atoms with Gasteiger partial charge in [0, 0.05) is 12.2 Å². The molecule has 0 saturated heterocycles. The van der Waals surface area contributed by atoms with Gasteiger partial charge in [0.1, 0.15) is 0 Å². The third-order valence-electron chi connectivity index (χ3n) is 2.00. The van der Waals surface area contributed by atoms with Gasteiger partial charge in [-0.15, -0.1) is 0 Å². The van der Waals surface area contributed by atoms with Crippen LogP contribution in [-0.4, -0.2) is 37.5 Å². The van der Waals surface area contributed by atoms with Crippen LogP contribution in [-0.2, 0) is 19.1 Å². The number of alkyl halides is 6. The Morgan fingerprint density at radius 3 is 1.23 bits per heavy atom. The van der Waals surface area contributed by atoms with Gasteiger partial charge in [-0.05, 0) is 13.8 Å². The van der Waals surface area contributed by atoms with Crippen molar-refractivity contribution in [2.75, 3.05) is 13.2 Å². The second kappa shape index (κ2) is 7.85. The van der Waals surface area contributed by atoms with E-state index in [9.17, 15) is 35.9 Å². The van der Waals surface area contributed by atoms with Crippen LogP contribution in [0.4, 0.5) is 26.3 Å². The normalized spacial score (nSPS) is 13.8. The van der Waals surface area contributed by atoms with Crippen LogP contribution in [0, 0.1) is 0 Å². The number of ether oxygens (including phenoxy) is 2. The molecule has 0 rings (SSSR count). The highest BCUT2D eigenvalue weighted by Crippen LogP contribution is 2.39. The smallest absolute Gasteiger partial charge is 0.417 e. The minimum Gasteiger partial charge on any atom is -0.463 e. The van der Waals surface area contributed by atoms with E-state index in [0.717, 1.165) is 0 Å². The van der Waals surface area contributed by atoms with Crippen molar-refractivity contribution < 1.29 is 45.4 Å². The number of carbonyl (C=O) groups is 2. The minimum atomic E-state index is -5.53. The maximum absolute atomic E-state index is 12.8. The molecule has 0 aromatic carbocycles. The van der Waals surface area contributed by atoms with E-state index < -0.39 is 35.4 Å². The standard InChI is InChI=1S/C12H12F6O4/c1-3-21-9(19)5-7(11(13,14)15)8(12(16,17)18)6-10(20)22-4-2/h5-6H,3-4H2,1-2H3/b7-5+,8-6+. The molecule has 0 aliphatic heterocycles. The Labute approximate surface area is 121 Å². The molecule has 10 heteroatoms. The molecule has 0 amide bonds. The van der Waals surface area contributed by atoms with Gasteiger partial charge in [-0.2, -0.15) is 26.3 Å². The second-order valence-corrected chi connectivity index (χ2v) is 3.62. The number of allylic oxidation sites excluding steroid dienone is 2. The quantitative estimate of drug-likeness (QED) is 0.336. The fraction of sp³-hybridized carbons (Fsp3) is 0.500. The van der Waals surface area contributed by atoms with Crippen LogP contribution in [0.25, 0.3) is 0 Å². The van der Waals surface area contributed by atoms with Crippen molar-refractivity contribution in [1.29, 1.82) is 0 Å². The summed E-state index contributed by atoms with van der Waals surface area (Å²) < 4.78 is 84.9. The first-order chi connectivity index (χ1) is 9.93. The maximum atomic E-state index is 12.8. The van der Waals surface area contributed by atoms with E-state index in [0.29, 0.717) is 0 Å². The second-order valence-electron chi connectivity index (χ2n) is 3.62. The minimum absolute atomic E-state index is 0.330. The van der Waals surface area contributed by atoms with E-state index in [-0.39, 0.29) is 25.4 Å². The highest BCUT2D eigenvalue weighted by molar-refractivity contribution is 5.87. The van der Waals surface area contributed by atoms with Gasteiger partial charge >= 0.3 is 24.3 Å². The SMILES string of the molecule is CCOC(=O)/C=C(\C(=C/C(=O)OCC)C(F)(F)F)C(F)(F)F. The summed E-state index contributed by atoms with van der Waals surface area (Å²) in [4.78, 5) is 22.1. The van der Waals surface area contributed by atoms with Crippen LogP contribution in [0.2, 0.25) is 0 Å². The van der Waals surface area contributed by atoms with Crippen LogP contribution in [0.3, 0.4) is 0 Å². The molecule has 0 bridgehead atoms. The fourth-order valence-electron chi connectivity index (χ4n) is 1.23. The number of hydrogen-bond donors (Lipinski definition) is 0. The van der Waals surface area contributed by atoms with E-state index in [1.807, 2.05) is 0 Å². The molecule has 0 atom stereocenters. The zero-order valence-electron chi connectivity index (χ0n) is 11.5. The topological polar surface area (TPSA) is 52.6 Å². The molecule has 0 N–H and O–H groups in total. The van der Waals surface area contributed by atoms with E-state index in [4.69, 9.17) is 0 Å². The molecule has 0 aliphatic rings. The molecule has 0 aromatic rings. The van der Waals surface area contributed by atoms with Gasteiger partial charge in [-0.1, -0.05) is 0 Å². The predicted molar refractivity (Wildman–Crippen MR) is 61.5 cm³/mol. The summed E-state index contributed by atoms with van der Waals surface area (Å²) in [6.45, 7) is 1.86. The summed E-state index contributed by atoms with van der Waals surface area (Å²) in [5.74, 6) is -3.23. The average Bonchev–Trinajstić information content (AvgIpc) is 2.31. The summed E-state index contributed by atoms with van der Waals surface area (Å²) >= 11 is 0. The van der Waals surface area contributed by atoms with E-state index in [2.05, 4.69) is 9.47 Å². The van der Waals surface area contributed by atoms with Gasteiger partial charge in [0.2, 0.25) is 0 Å². The van der Waals surface area contributed by atoms with Crippen molar-refractivity contribution >= 4 is 11.9 Å². The van der Waals surface area contributed by atoms with Gasteiger partial charge in [0.15, 0.2) is 0 Å². The van der Waals surface area contributed by atoms with Gasteiger partial charge in [-0.25, -0.2) is 9.59 Å². The number of rotatable bonds is 5. The van der Waals surface area contributed by atoms with Crippen molar-refractivity contribution in [1.82, 2.24) is 0 Å². The molecule has 0 saturated carbocycles. The van der Waals surface area contributed by atoms with Crippen LogP contribution >= 0.6 is 0 Å². The number of hydrogen-bond acceptors (Lipinski definition) is 4. The number of esters is 2. The van der Waals surface area contributed by atoms with Crippen molar-refractivity contribution in [3.63, 3.8) is 0 Å². The molecule has 4 nitrogen and oxygen atoms in total. The molecule has 0 spiro atoms. The summed E-state index contributed by atoms with van der Waals surface area (Å²) in [6, 6.07) is 0. The highest BCUT2D eigenvalue weighted by Gasteiger charge is 2.47. The van der Waals surface area contributed by atoms with E-state index >= 15 is 0 Å². The molecular weight excluding hydrogens is 322 g/mol. The van der Waals surface area contributed by atoms with Crippen molar-refractivity contribution in [2.24, 2.45) is 0 Å². The zero-order valence-corrected chi connectivity index (χ0v) is 11.5. The van der Waals surface area contributed by atoms with E-state index in [1.54, 1.807) is 0 Å². The van der Waals surface area contributed by atoms with Gasteiger partial charge < -0.3 is 9.47 Å². The summed E-state index contributed by atoms with van der Waals surface area (Å²) in [7, 11) is 0. The average molecular weight is 334 g/mol. The van der Waals surface area contributed by atoms with Crippen LogP contribution in [0.15, 0.2) is 23.3 Å². The highest BCUT2D eigenvalue weighted by atomic mass is 19.4. The lowest BCUT2D eigenvalue weighted by Gasteiger charge is -2.17. The monoisotopic (exact) mass is 334 g/mol. The van der Waals surface area contributed by atoms with Gasteiger partial charge in [-0.3, -0.25) is 0 Å². The summed E-state index contributed by atoms with van der Waals surface area (Å²) in [5.41, 5.74) is -4.68. The van der Waals surface area contributed by atoms with Gasteiger partial charge in [0.05, 0.1) is 24.4 Å². The molecule has 0 fully saturated rings. The molecule has 0 unspecified atom stereocenters. The van der Waals surface area contributed by atoms with Crippen molar-refractivity contribution in [3.8, 4) is 0 Å². The lowest BCUT2D eigenvalue weighted by Crippen LogP contribution is -2.25. The van der Waals surface area contributed by atoms with Crippen LogP contribution < -0.4 is 0 Å². The van der Waals surface area contributed by atoms with Crippen LogP contribution in [0.1, 0.15) is 13.8 Å². The Kier molecular flexibility index (Phi) is 7.14. The lowest BCUT2D eigenvalue weighted by molar-refractivity contribution is -0.141. The van der Waals surface area contributed by atoms with Gasteiger partial charge in [0.25, 0.3) is 0 Å². The molecule has 0 aliphatic carbocycles. The largest absolute Gasteiger partial charge is 0.463 e. The first-order valence-corrected chi connectivity index (χ1v) is 5.85. The van der Waals surface area contributed by atoms with E-state index in [1.165, 1.54) is 13.8 Å². The molecule has 0 heterocycles. The molecule has 22 heavy (non-hydrogen) atoms. The third-order valence-corrected chi connectivity index (χ3v) is 2.00. The molecule has 0 aromatic heterocycles. The lowest BCUT2D eigenvalue weighted by atomic mass is 10.0. The summed E-state index contributed by atoms with van der Waals surface area (Å²) in [5, 5.41) is 0. The summed E-state index contributed by atoms with van der Waals surface area (Å²) in [6.07, 6.45) is -11.8. The Morgan fingerprint density at radius 1 is 0.773 bits per heavy atom. The number of halogens is 6.